The predicted molar refractivity (Wildman–Crippen MR) is 64.5 cm³/mol. The van der Waals surface area contributed by atoms with Crippen LogP contribution in [0.15, 0.2) is 24.3 Å². The fourth-order valence-electron chi connectivity index (χ4n) is 1.36. The zero-order chi connectivity index (χ0) is 13.8. The lowest BCUT2D eigenvalue weighted by atomic mass is 10.1. The van der Waals surface area contributed by atoms with Crippen LogP contribution >= 0.6 is 7.60 Å². The van der Waals surface area contributed by atoms with Gasteiger partial charge in [-0.1, -0.05) is 0 Å². The van der Waals surface area contributed by atoms with Crippen molar-refractivity contribution < 1.29 is 23.6 Å². The Hall–Kier alpha value is -1.27. The minimum Gasteiger partial charge on any atom is -0.388 e. The fourth-order valence-corrected chi connectivity index (χ4v) is 2.44. The number of aliphatic hydroxyl groups excluding tert-OH is 1. The maximum Gasteiger partial charge on any atom is 0.333 e. The van der Waals surface area contributed by atoms with Crippen molar-refractivity contribution in [3.05, 3.63) is 39.9 Å². The molecule has 0 fully saturated rings. The van der Waals surface area contributed by atoms with Crippen LogP contribution in [0.5, 0.6) is 0 Å². The molecule has 0 saturated heterocycles. The van der Waals surface area contributed by atoms with Gasteiger partial charge < -0.3 is 14.2 Å². The standard InChI is InChI=1S/C10H14NO6P/c1-16-18(15,17-2)7-10(12)8-3-5-9(6-4-8)11(13)14/h3-6,10,12H,7H2,1-2H3/t10-/m1/s1. The first-order valence-electron chi connectivity index (χ1n) is 5.05. The molecular weight excluding hydrogens is 261 g/mol. The summed E-state index contributed by atoms with van der Waals surface area (Å²) in [4.78, 5) is 9.93. The molecule has 0 heterocycles. The molecule has 8 heteroatoms. The van der Waals surface area contributed by atoms with E-state index < -0.39 is 18.6 Å². The summed E-state index contributed by atoms with van der Waals surface area (Å²) in [5.41, 5.74) is 0.336. The molecule has 1 aromatic rings. The summed E-state index contributed by atoms with van der Waals surface area (Å²) in [7, 11) is -0.860. The van der Waals surface area contributed by atoms with E-state index in [2.05, 4.69) is 0 Å². The van der Waals surface area contributed by atoms with Gasteiger partial charge in [-0.05, 0) is 17.7 Å². The summed E-state index contributed by atoms with van der Waals surface area (Å²) >= 11 is 0. The molecule has 0 saturated carbocycles. The number of hydrogen-bond acceptors (Lipinski definition) is 6. The fraction of sp³-hybridized carbons (Fsp3) is 0.400. The molecule has 1 atom stereocenters. The molecule has 7 nitrogen and oxygen atoms in total. The highest BCUT2D eigenvalue weighted by atomic mass is 31.2. The average molecular weight is 275 g/mol. The maximum atomic E-state index is 11.8. The zero-order valence-corrected chi connectivity index (χ0v) is 10.9. The lowest BCUT2D eigenvalue weighted by Gasteiger charge is -2.17. The lowest BCUT2D eigenvalue weighted by molar-refractivity contribution is -0.384. The van der Waals surface area contributed by atoms with Crippen LogP contribution in [0.4, 0.5) is 5.69 Å². The normalized spacial score (nSPS) is 13.3. The third kappa shape index (κ3) is 3.61. The van der Waals surface area contributed by atoms with Crippen molar-refractivity contribution in [3.63, 3.8) is 0 Å². The first kappa shape index (κ1) is 14.8. The van der Waals surface area contributed by atoms with E-state index in [4.69, 9.17) is 9.05 Å². The van der Waals surface area contributed by atoms with E-state index >= 15 is 0 Å². The predicted octanol–water partition coefficient (Wildman–Crippen LogP) is 2.11. The number of aliphatic hydroxyl groups is 1. The monoisotopic (exact) mass is 275 g/mol. The molecule has 100 valence electrons. The quantitative estimate of drug-likeness (QED) is 0.485. The van der Waals surface area contributed by atoms with Crippen LogP contribution in [-0.2, 0) is 13.6 Å². The van der Waals surface area contributed by atoms with Gasteiger partial charge in [-0.15, -0.1) is 0 Å². The van der Waals surface area contributed by atoms with Crippen LogP contribution in [0, 0.1) is 10.1 Å². The molecule has 0 aliphatic heterocycles. The van der Waals surface area contributed by atoms with E-state index in [1.807, 2.05) is 0 Å². The minimum atomic E-state index is -3.32. The Labute approximate surface area is 104 Å². The number of hydrogen-bond donors (Lipinski definition) is 1. The summed E-state index contributed by atoms with van der Waals surface area (Å²) in [6, 6.07) is 5.34. The second-order valence-corrected chi connectivity index (χ2v) is 5.84. The largest absolute Gasteiger partial charge is 0.388 e. The Kier molecular flexibility index (Phi) is 4.98. The summed E-state index contributed by atoms with van der Waals surface area (Å²) in [6.07, 6.45) is -1.28. The summed E-state index contributed by atoms with van der Waals surface area (Å²) in [6.45, 7) is 0. The number of nitro groups is 1. The van der Waals surface area contributed by atoms with Gasteiger partial charge in [0.1, 0.15) is 0 Å². The minimum absolute atomic E-state index is 0.0763. The van der Waals surface area contributed by atoms with E-state index in [0.717, 1.165) is 0 Å². The molecule has 0 aromatic heterocycles. The summed E-state index contributed by atoms with van der Waals surface area (Å²) in [5.74, 6) is 0. The number of benzene rings is 1. The Balaban J connectivity index is 2.81. The first-order valence-corrected chi connectivity index (χ1v) is 6.77. The second-order valence-electron chi connectivity index (χ2n) is 3.52. The van der Waals surface area contributed by atoms with E-state index in [0.29, 0.717) is 5.56 Å². The molecule has 0 aliphatic rings. The van der Waals surface area contributed by atoms with Gasteiger partial charge in [-0.25, -0.2) is 0 Å². The highest BCUT2D eigenvalue weighted by Gasteiger charge is 2.26. The average Bonchev–Trinajstić information content (AvgIpc) is 2.38. The van der Waals surface area contributed by atoms with Gasteiger partial charge in [0.15, 0.2) is 0 Å². The molecule has 0 aliphatic carbocycles. The highest BCUT2D eigenvalue weighted by molar-refractivity contribution is 7.53. The Morgan fingerprint density at radius 2 is 1.83 bits per heavy atom. The number of non-ortho nitro benzene ring substituents is 1. The molecule has 0 spiro atoms. The lowest BCUT2D eigenvalue weighted by Crippen LogP contribution is -2.06. The van der Waals surface area contributed by atoms with Gasteiger partial charge in [0.25, 0.3) is 5.69 Å². The first-order chi connectivity index (χ1) is 8.41. The number of rotatable bonds is 6. The molecule has 0 radical (unpaired) electrons. The van der Waals surface area contributed by atoms with Gasteiger partial charge in [0.2, 0.25) is 0 Å². The van der Waals surface area contributed by atoms with Gasteiger partial charge in [0.05, 0.1) is 17.2 Å². The molecule has 0 unspecified atom stereocenters. The van der Waals surface area contributed by atoms with Crippen LogP contribution in [0.1, 0.15) is 11.7 Å². The van der Waals surface area contributed by atoms with Crippen molar-refractivity contribution in [2.45, 2.75) is 6.10 Å². The van der Waals surface area contributed by atoms with E-state index in [1.165, 1.54) is 38.5 Å². The Morgan fingerprint density at radius 3 is 2.22 bits per heavy atom. The van der Waals surface area contributed by atoms with Crippen molar-refractivity contribution in [2.75, 3.05) is 20.4 Å². The molecule has 1 N–H and O–H groups in total. The van der Waals surface area contributed by atoms with Crippen LogP contribution < -0.4 is 0 Å². The van der Waals surface area contributed by atoms with Crippen LogP contribution in [0.2, 0.25) is 0 Å². The van der Waals surface area contributed by atoms with Crippen LogP contribution in [0.3, 0.4) is 0 Å². The third-order valence-electron chi connectivity index (χ3n) is 2.44. The number of nitrogens with zero attached hydrogens (tertiary/aromatic N) is 1. The van der Waals surface area contributed by atoms with E-state index in [1.54, 1.807) is 0 Å². The van der Waals surface area contributed by atoms with Gasteiger partial charge in [-0.2, -0.15) is 0 Å². The van der Waals surface area contributed by atoms with Gasteiger partial charge in [-0.3, -0.25) is 14.7 Å². The van der Waals surface area contributed by atoms with Crippen molar-refractivity contribution in [2.24, 2.45) is 0 Å². The molecular formula is C10H14NO6P. The van der Waals surface area contributed by atoms with Crippen molar-refractivity contribution in [3.8, 4) is 0 Å². The van der Waals surface area contributed by atoms with Crippen molar-refractivity contribution in [1.82, 2.24) is 0 Å². The van der Waals surface area contributed by atoms with E-state index in [9.17, 15) is 19.8 Å². The second kappa shape index (κ2) is 6.06. The molecule has 0 amide bonds. The molecule has 1 aromatic carbocycles. The van der Waals surface area contributed by atoms with Crippen LogP contribution in [0.25, 0.3) is 0 Å². The summed E-state index contributed by atoms with van der Waals surface area (Å²) in [5, 5.41) is 20.3. The van der Waals surface area contributed by atoms with Gasteiger partial charge >= 0.3 is 7.60 Å². The highest BCUT2D eigenvalue weighted by Crippen LogP contribution is 2.49. The van der Waals surface area contributed by atoms with Gasteiger partial charge in [0, 0.05) is 26.4 Å². The third-order valence-corrected chi connectivity index (χ3v) is 4.35. The Bertz CT molecular complexity index is 452. The maximum absolute atomic E-state index is 11.8. The topological polar surface area (TPSA) is 98.9 Å². The SMILES string of the molecule is COP(=O)(C[C@@H](O)c1ccc([N+](=O)[O-])cc1)OC. The van der Waals surface area contributed by atoms with Crippen molar-refractivity contribution in [1.29, 1.82) is 0 Å². The molecule has 0 bridgehead atoms. The Morgan fingerprint density at radius 1 is 1.33 bits per heavy atom. The van der Waals surface area contributed by atoms with E-state index in [-0.39, 0.29) is 11.8 Å². The van der Waals surface area contributed by atoms with Crippen molar-refractivity contribution >= 4 is 13.3 Å². The molecule has 1 rings (SSSR count). The number of nitro benzene ring substituents is 1. The zero-order valence-electron chi connectivity index (χ0n) is 9.98. The molecule has 18 heavy (non-hydrogen) atoms. The summed E-state index contributed by atoms with van der Waals surface area (Å²) < 4.78 is 21.2. The smallest absolute Gasteiger partial charge is 0.333 e. The van der Waals surface area contributed by atoms with Crippen LogP contribution in [-0.4, -0.2) is 30.4 Å².